The smallest absolute Gasteiger partial charge is 0.251 e. The molecule has 0 aliphatic heterocycles. The summed E-state index contributed by atoms with van der Waals surface area (Å²) in [6.07, 6.45) is 3.37. The minimum atomic E-state index is -0.0968. The highest BCUT2D eigenvalue weighted by atomic mass is 32.1. The quantitative estimate of drug-likeness (QED) is 0.804. The van der Waals surface area contributed by atoms with Crippen LogP contribution in [0.5, 0.6) is 0 Å². The van der Waals surface area contributed by atoms with Gasteiger partial charge in [-0.05, 0) is 42.0 Å². The molecule has 0 spiro atoms. The maximum Gasteiger partial charge on any atom is 0.251 e. The summed E-state index contributed by atoms with van der Waals surface area (Å²) >= 11 is 1.67. The second-order valence-electron chi connectivity index (χ2n) is 4.50. The maximum atomic E-state index is 12.1. The van der Waals surface area contributed by atoms with E-state index < -0.39 is 0 Å². The highest BCUT2D eigenvalue weighted by molar-refractivity contribution is 7.17. The summed E-state index contributed by atoms with van der Waals surface area (Å²) in [6.45, 7) is 2.26. The van der Waals surface area contributed by atoms with Gasteiger partial charge < -0.3 is 5.32 Å². The van der Waals surface area contributed by atoms with E-state index >= 15 is 0 Å². The number of carbonyl (C=O) groups is 1. The molecule has 0 bridgehead atoms. The SMILES string of the molecule is Cc1cnc(CNC(=O)c2ccc3sccc3c2)cn1. The van der Waals surface area contributed by atoms with Crippen LogP contribution in [0.1, 0.15) is 21.7 Å². The monoisotopic (exact) mass is 283 g/mol. The van der Waals surface area contributed by atoms with Gasteiger partial charge in [0.1, 0.15) is 0 Å². The summed E-state index contributed by atoms with van der Waals surface area (Å²) in [5, 5.41) is 5.97. The minimum absolute atomic E-state index is 0.0968. The van der Waals surface area contributed by atoms with Gasteiger partial charge in [-0.1, -0.05) is 0 Å². The predicted molar refractivity (Wildman–Crippen MR) is 79.8 cm³/mol. The van der Waals surface area contributed by atoms with Gasteiger partial charge >= 0.3 is 0 Å². The van der Waals surface area contributed by atoms with Gasteiger partial charge in [-0.2, -0.15) is 0 Å². The van der Waals surface area contributed by atoms with Gasteiger partial charge in [-0.3, -0.25) is 14.8 Å². The van der Waals surface area contributed by atoms with Gasteiger partial charge in [-0.25, -0.2) is 0 Å². The molecule has 3 aromatic rings. The van der Waals surface area contributed by atoms with Crippen LogP contribution >= 0.6 is 11.3 Å². The first kappa shape index (κ1) is 12.7. The van der Waals surface area contributed by atoms with Crippen molar-refractivity contribution in [3.05, 3.63) is 59.0 Å². The molecule has 0 saturated carbocycles. The zero-order valence-electron chi connectivity index (χ0n) is 11.0. The molecule has 100 valence electrons. The fourth-order valence-electron chi connectivity index (χ4n) is 1.89. The van der Waals surface area contributed by atoms with Crippen LogP contribution in [0.2, 0.25) is 0 Å². The Bertz CT molecular complexity index is 749. The molecule has 4 nitrogen and oxygen atoms in total. The first-order valence-electron chi connectivity index (χ1n) is 6.25. The molecule has 0 fully saturated rings. The van der Waals surface area contributed by atoms with Crippen molar-refractivity contribution in [3.63, 3.8) is 0 Å². The van der Waals surface area contributed by atoms with Crippen molar-refractivity contribution in [1.82, 2.24) is 15.3 Å². The lowest BCUT2D eigenvalue weighted by Gasteiger charge is -2.05. The topological polar surface area (TPSA) is 54.9 Å². The molecule has 5 heteroatoms. The number of aryl methyl sites for hydroxylation is 1. The van der Waals surface area contributed by atoms with Gasteiger partial charge in [0.15, 0.2) is 0 Å². The lowest BCUT2D eigenvalue weighted by Crippen LogP contribution is -2.23. The molecule has 20 heavy (non-hydrogen) atoms. The van der Waals surface area contributed by atoms with Crippen LogP contribution in [0, 0.1) is 6.92 Å². The molecule has 1 amide bonds. The number of rotatable bonds is 3. The number of thiophene rings is 1. The van der Waals surface area contributed by atoms with Crippen molar-refractivity contribution in [3.8, 4) is 0 Å². The lowest BCUT2D eigenvalue weighted by atomic mass is 10.1. The van der Waals surface area contributed by atoms with Crippen molar-refractivity contribution in [2.45, 2.75) is 13.5 Å². The van der Waals surface area contributed by atoms with Crippen molar-refractivity contribution in [2.75, 3.05) is 0 Å². The highest BCUT2D eigenvalue weighted by Gasteiger charge is 2.07. The second-order valence-corrected chi connectivity index (χ2v) is 5.45. The summed E-state index contributed by atoms with van der Waals surface area (Å²) in [6, 6.07) is 7.74. The zero-order chi connectivity index (χ0) is 13.9. The molecule has 2 aromatic heterocycles. The van der Waals surface area contributed by atoms with Crippen LogP contribution in [0.4, 0.5) is 0 Å². The van der Waals surface area contributed by atoms with E-state index in [1.807, 2.05) is 36.6 Å². The Labute approximate surface area is 120 Å². The summed E-state index contributed by atoms with van der Waals surface area (Å²) in [5.74, 6) is -0.0968. The predicted octanol–water partition coefficient (Wildman–Crippen LogP) is 2.93. The number of aromatic nitrogens is 2. The van der Waals surface area contributed by atoms with Crippen LogP contribution in [-0.4, -0.2) is 15.9 Å². The highest BCUT2D eigenvalue weighted by Crippen LogP contribution is 2.21. The summed E-state index contributed by atoms with van der Waals surface area (Å²) in [7, 11) is 0. The van der Waals surface area contributed by atoms with Crippen LogP contribution in [0.15, 0.2) is 42.0 Å². The maximum absolute atomic E-state index is 12.1. The number of amides is 1. The number of nitrogens with one attached hydrogen (secondary N) is 1. The van der Waals surface area contributed by atoms with Crippen molar-refractivity contribution >= 4 is 27.3 Å². The molecular weight excluding hydrogens is 270 g/mol. The van der Waals surface area contributed by atoms with Crippen molar-refractivity contribution in [1.29, 1.82) is 0 Å². The van der Waals surface area contributed by atoms with Crippen LogP contribution in [0.3, 0.4) is 0 Å². The number of fused-ring (bicyclic) bond motifs is 1. The number of nitrogens with zero attached hydrogens (tertiary/aromatic N) is 2. The van der Waals surface area contributed by atoms with Gasteiger partial charge in [0, 0.05) is 16.5 Å². The third-order valence-electron chi connectivity index (χ3n) is 2.98. The van der Waals surface area contributed by atoms with Crippen LogP contribution < -0.4 is 5.32 Å². The summed E-state index contributed by atoms with van der Waals surface area (Å²) in [4.78, 5) is 20.5. The van der Waals surface area contributed by atoms with E-state index in [9.17, 15) is 4.79 Å². The third-order valence-corrected chi connectivity index (χ3v) is 3.88. The van der Waals surface area contributed by atoms with Gasteiger partial charge in [-0.15, -0.1) is 11.3 Å². The van der Waals surface area contributed by atoms with Crippen LogP contribution in [-0.2, 0) is 6.54 Å². The van der Waals surface area contributed by atoms with Crippen LogP contribution in [0.25, 0.3) is 10.1 Å². The fraction of sp³-hybridized carbons (Fsp3) is 0.133. The number of benzene rings is 1. The van der Waals surface area contributed by atoms with E-state index in [0.29, 0.717) is 12.1 Å². The Balaban J connectivity index is 1.70. The zero-order valence-corrected chi connectivity index (χ0v) is 11.8. The molecule has 0 aliphatic carbocycles. The molecular formula is C15H13N3OS. The third kappa shape index (κ3) is 2.67. The Kier molecular flexibility index (Phi) is 3.43. The first-order valence-corrected chi connectivity index (χ1v) is 7.13. The Hall–Kier alpha value is -2.27. The molecule has 0 saturated heterocycles. The molecule has 2 heterocycles. The normalized spacial score (nSPS) is 10.7. The Morgan fingerprint density at radius 1 is 1.25 bits per heavy atom. The standard InChI is InChI=1S/C15H13N3OS/c1-10-7-17-13(8-16-10)9-18-15(19)12-2-3-14-11(6-12)4-5-20-14/h2-8H,9H2,1H3,(H,18,19). The molecule has 1 aromatic carbocycles. The van der Waals surface area contributed by atoms with E-state index in [1.165, 1.54) is 4.70 Å². The summed E-state index contributed by atoms with van der Waals surface area (Å²) < 4.78 is 1.19. The minimum Gasteiger partial charge on any atom is -0.346 e. The largest absolute Gasteiger partial charge is 0.346 e. The fourth-order valence-corrected chi connectivity index (χ4v) is 2.66. The van der Waals surface area contributed by atoms with E-state index in [2.05, 4.69) is 15.3 Å². The first-order chi connectivity index (χ1) is 9.72. The molecule has 0 aliphatic rings. The number of hydrogen-bond acceptors (Lipinski definition) is 4. The van der Waals surface area contributed by atoms with Gasteiger partial charge in [0.05, 0.1) is 24.1 Å². The number of carbonyl (C=O) groups excluding carboxylic acids is 1. The van der Waals surface area contributed by atoms with E-state index in [4.69, 9.17) is 0 Å². The van der Waals surface area contributed by atoms with Crippen molar-refractivity contribution in [2.24, 2.45) is 0 Å². The second kappa shape index (κ2) is 5.38. The molecule has 3 rings (SSSR count). The van der Waals surface area contributed by atoms with E-state index in [1.54, 1.807) is 23.7 Å². The average Bonchev–Trinajstić information content (AvgIpc) is 2.93. The lowest BCUT2D eigenvalue weighted by molar-refractivity contribution is 0.0950. The van der Waals surface area contributed by atoms with Crippen molar-refractivity contribution < 1.29 is 4.79 Å². The molecule has 1 N–H and O–H groups in total. The molecule has 0 atom stereocenters. The number of hydrogen-bond donors (Lipinski definition) is 1. The van der Waals surface area contributed by atoms with Gasteiger partial charge in [0.2, 0.25) is 0 Å². The molecule has 0 unspecified atom stereocenters. The van der Waals surface area contributed by atoms with E-state index in [0.717, 1.165) is 16.8 Å². The average molecular weight is 283 g/mol. The Morgan fingerprint density at radius 2 is 2.15 bits per heavy atom. The molecule has 0 radical (unpaired) electrons. The summed E-state index contributed by atoms with van der Waals surface area (Å²) in [5.41, 5.74) is 2.28. The van der Waals surface area contributed by atoms with Gasteiger partial charge in [0.25, 0.3) is 5.91 Å². The Morgan fingerprint density at radius 3 is 2.95 bits per heavy atom. The van der Waals surface area contributed by atoms with E-state index in [-0.39, 0.29) is 5.91 Å².